The van der Waals surface area contributed by atoms with Gasteiger partial charge in [-0.2, -0.15) is 4.72 Å². The Labute approximate surface area is 76.4 Å². The van der Waals surface area contributed by atoms with E-state index in [1.165, 1.54) is 12.1 Å². The van der Waals surface area contributed by atoms with Gasteiger partial charge in [0, 0.05) is 0 Å². The monoisotopic (exact) mass is 205 g/mol. The second kappa shape index (κ2) is 3.89. The average molecular weight is 206 g/mol. The zero-order chi connectivity index (χ0) is 9.03. The van der Waals surface area contributed by atoms with E-state index < -0.39 is 10.0 Å². The van der Waals surface area contributed by atoms with Crippen LogP contribution in [0.4, 0.5) is 0 Å². The van der Waals surface area contributed by atoms with Crippen molar-refractivity contribution in [2.75, 3.05) is 6.00 Å². The van der Waals surface area contributed by atoms with Crippen LogP contribution < -0.4 is 4.72 Å². The van der Waals surface area contributed by atoms with Gasteiger partial charge in [0.1, 0.15) is 0 Å². The Morgan fingerprint density at radius 2 is 1.83 bits per heavy atom. The third kappa shape index (κ3) is 2.20. The molecular formula is C7H8ClNO2S. The molecule has 1 N–H and O–H groups in total. The van der Waals surface area contributed by atoms with Crippen LogP contribution in [-0.4, -0.2) is 14.4 Å². The quantitative estimate of drug-likeness (QED) is 0.595. The molecule has 12 heavy (non-hydrogen) atoms. The molecule has 0 aliphatic heterocycles. The van der Waals surface area contributed by atoms with Crippen molar-refractivity contribution in [3.05, 3.63) is 30.3 Å². The van der Waals surface area contributed by atoms with Gasteiger partial charge < -0.3 is 0 Å². The zero-order valence-corrected chi connectivity index (χ0v) is 7.77. The molecule has 1 aromatic carbocycles. The lowest BCUT2D eigenvalue weighted by Crippen LogP contribution is -2.21. The van der Waals surface area contributed by atoms with Crippen molar-refractivity contribution < 1.29 is 8.42 Å². The summed E-state index contributed by atoms with van der Waals surface area (Å²) in [5.74, 6) is 0. The van der Waals surface area contributed by atoms with Crippen molar-refractivity contribution in [1.29, 1.82) is 0 Å². The number of benzene rings is 1. The molecular weight excluding hydrogens is 198 g/mol. The Hall–Kier alpha value is -0.580. The van der Waals surface area contributed by atoms with Gasteiger partial charge in [0.05, 0.1) is 10.9 Å². The molecule has 0 saturated carbocycles. The average Bonchev–Trinajstić information content (AvgIpc) is 2.06. The van der Waals surface area contributed by atoms with Crippen molar-refractivity contribution in [1.82, 2.24) is 4.72 Å². The highest BCUT2D eigenvalue weighted by Crippen LogP contribution is 2.06. The lowest BCUT2D eigenvalue weighted by Gasteiger charge is -2.01. The Morgan fingerprint density at radius 3 is 2.33 bits per heavy atom. The topological polar surface area (TPSA) is 46.2 Å². The fourth-order valence-electron chi connectivity index (χ4n) is 0.755. The van der Waals surface area contributed by atoms with E-state index in [1.54, 1.807) is 18.2 Å². The van der Waals surface area contributed by atoms with E-state index in [-0.39, 0.29) is 10.9 Å². The van der Waals surface area contributed by atoms with Crippen LogP contribution in [0.2, 0.25) is 0 Å². The number of halogens is 1. The molecule has 3 nitrogen and oxygen atoms in total. The minimum absolute atomic E-state index is 0.114. The van der Waals surface area contributed by atoms with Gasteiger partial charge in [0.25, 0.3) is 0 Å². The number of rotatable bonds is 3. The maximum Gasteiger partial charge on any atom is 0.241 e. The Balaban J connectivity index is 2.99. The maximum absolute atomic E-state index is 11.2. The Morgan fingerprint density at radius 1 is 1.25 bits per heavy atom. The molecule has 0 aliphatic rings. The van der Waals surface area contributed by atoms with Gasteiger partial charge >= 0.3 is 0 Å². The summed E-state index contributed by atoms with van der Waals surface area (Å²) in [6.45, 7) is 0. The molecule has 0 spiro atoms. The van der Waals surface area contributed by atoms with E-state index >= 15 is 0 Å². The van der Waals surface area contributed by atoms with E-state index in [1.807, 2.05) is 0 Å². The van der Waals surface area contributed by atoms with Gasteiger partial charge in [-0.1, -0.05) is 18.2 Å². The Kier molecular flexibility index (Phi) is 3.08. The third-order valence-corrected chi connectivity index (χ3v) is 3.01. The van der Waals surface area contributed by atoms with Crippen LogP contribution in [-0.2, 0) is 10.0 Å². The highest BCUT2D eigenvalue weighted by Gasteiger charge is 2.10. The molecule has 5 heteroatoms. The number of hydrogen-bond acceptors (Lipinski definition) is 2. The van der Waals surface area contributed by atoms with Crippen LogP contribution in [0.25, 0.3) is 0 Å². The molecule has 0 saturated heterocycles. The number of hydrogen-bond donors (Lipinski definition) is 1. The van der Waals surface area contributed by atoms with Crippen molar-refractivity contribution in [2.24, 2.45) is 0 Å². The second-order valence-electron chi connectivity index (χ2n) is 2.09. The largest absolute Gasteiger partial charge is 0.241 e. The molecule has 0 aliphatic carbocycles. The molecule has 0 radical (unpaired) electrons. The van der Waals surface area contributed by atoms with Crippen LogP contribution in [0.1, 0.15) is 0 Å². The highest BCUT2D eigenvalue weighted by molar-refractivity contribution is 7.89. The van der Waals surface area contributed by atoms with E-state index in [4.69, 9.17) is 11.6 Å². The van der Waals surface area contributed by atoms with E-state index in [0.717, 1.165) is 0 Å². The molecule has 1 rings (SSSR count). The molecule has 66 valence electrons. The summed E-state index contributed by atoms with van der Waals surface area (Å²) in [5, 5.41) is 0. The summed E-state index contributed by atoms with van der Waals surface area (Å²) in [5.41, 5.74) is 0. The number of alkyl halides is 1. The lowest BCUT2D eigenvalue weighted by molar-refractivity contribution is 0.587. The first-order valence-corrected chi connectivity index (χ1v) is 5.29. The third-order valence-electron chi connectivity index (χ3n) is 1.30. The fourth-order valence-corrected chi connectivity index (χ4v) is 2.01. The fraction of sp³-hybridized carbons (Fsp3) is 0.143. The summed E-state index contributed by atoms with van der Waals surface area (Å²) in [6.07, 6.45) is 0. The minimum Gasteiger partial charge on any atom is -0.207 e. The summed E-state index contributed by atoms with van der Waals surface area (Å²) < 4.78 is 24.6. The van der Waals surface area contributed by atoms with E-state index in [9.17, 15) is 8.42 Å². The van der Waals surface area contributed by atoms with Gasteiger partial charge in [-0.3, -0.25) is 0 Å². The first kappa shape index (κ1) is 9.51. The standard InChI is InChI=1S/C7H8ClNO2S/c8-6-9-12(10,11)7-4-2-1-3-5-7/h1-5,9H,6H2. The van der Waals surface area contributed by atoms with Crippen molar-refractivity contribution in [3.63, 3.8) is 0 Å². The summed E-state index contributed by atoms with van der Waals surface area (Å²) >= 11 is 5.25. The predicted octanol–water partition coefficient (Wildman–Crippen LogP) is 1.16. The molecule has 0 aromatic heterocycles. The number of sulfonamides is 1. The molecule has 0 unspecified atom stereocenters. The van der Waals surface area contributed by atoms with Crippen LogP contribution >= 0.6 is 11.6 Å². The van der Waals surface area contributed by atoms with Crippen LogP contribution in [0.5, 0.6) is 0 Å². The highest BCUT2D eigenvalue weighted by atomic mass is 35.5. The van der Waals surface area contributed by atoms with E-state index in [0.29, 0.717) is 0 Å². The normalized spacial score (nSPS) is 11.4. The predicted molar refractivity (Wildman–Crippen MR) is 47.5 cm³/mol. The lowest BCUT2D eigenvalue weighted by atomic mass is 10.4. The zero-order valence-electron chi connectivity index (χ0n) is 6.20. The van der Waals surface area contributed by atoms with Crippen LogP contribution in [0, 0.1) is 0 Å². The van der Waals surface area contributed by atoms with Gasteiger partial charge in [-0.05, 0) is 12.1 Å². The first-order chi connectivity index (χ1) is 5.67. The molecule has 0 bridgehead atoms. The van der Waals surface area contributed by atoms with Crippen LogP contribution in [0.3, 0.4) is 0 Å². The molecule has 0 fully saturated rings. The maximum atomic E-state index is 11.2. The molecule has 0 heterocycles. The van der Waals surface area contributed by atoms with Crippen molar-refractivity contribution in [2.45, 2.75) is 4.90 Å². The minimum atomic E-state index is -3.39. The van der Waals surface area contributed by atoms with Gasteiger partial charge in [-0.25, -0.2) is 8.42 Å². The van der Waals surface area contributed by atoms with Gasteiger partial charge in [-0.15, -0.1) is 11.6 Å². The summed E-state index contributed by atoms with van der Waals surface area (Å²) in [4.78, 5) is 0.227. The van der Waals surface area contributed by atoms with Crippen LogP contribution in [0.15, 0.2) is 35.2 Å². The molecule has 0 atom stereocenters. The Bertz CT molecular complexity index is 336. The summed E-state index contributed by atoms with van der Waals surface area (Å²) in [7, 11) is -3.39. The van der Waals surface area contributed by atoms with Crippen molar-refractivity contribution in [3.8, 4) is 0 Å². The smallest absolute Gasteiger partial charge is 0.207 e. The molecule has 1 aromatic rings. The SMILES string of the molecule is O=S(=O)(NCCl)c1ccccc1. The first-order valence-electron chi connectivity index (χ1n) is 3.27. The summed E-state index contributed by atoms with van der Waals surface area (Å²) in [6, 6.07) is 7.96. The second-order valence-corrected chi connectivity index (χ2v) is 4.13. The molecule has 0 amide bonds. The van der Waals surface area contributed by atoms with Crippen molar-refractivity contribution >= 4 is 21.6 Å². The van der Waals surface area contributed by atoms with Gasteiger partial charge in [0.15, 0.2) is 0 Å². The van der Waals surface area contributed by atoms with Gasteiger partial charge in [0.2, 0.25) is 10.0 Å². The van der Waals surface area contributed by atoms with E-state index in [2.05, 4.69) is 4.72 Å². The number of nitrogens with one attached hydrogen (secondary N) is 1.